The molecule has 0 aromatic rings. The van der Waals surface area contributed by atoms with E-state index in [0.717, 1.165) is 5.57 Å². The van der Waals surface area contributed by atoms with E-state index < -0.39 is 0 Å². The highest BCUT2D eigenvalue weighted by atomic mass is 16.3. The van der Waals surface area contributed by atoms with Gasteiger partial charge in [-0.3, -0.25) is 0 Å². The lowest BCUT2D eigenvalue weighted by Gasteiger charge is -2.05. The van der Waals surface area contributed by atoms with Crippen molar-refractivity contribution in [3.8, 4) is 0 Å². The lowest BCUT2D eigenvalue weighted by molar-refractivity contribution is 0.427. The summed E-state index contributed by atoms with van der Waals surface area (Å²) in [5.74, 6) is 0.0688. The minimum atomic E-state index is 0.0688. The molecule has 0 bridgehead atoms. The van der Waals surface area contributed by atoms with Gasteiger partial charge in [0.1, 0.15) is 5.76 Å². The maximum absolute atomic E-state index is 9.05. The largest absolute Gasteiger partial charge is 0.508 e. The first-order chi connectivity index (χ1) is 5.13. The van der Waals surface area contributed by atoms with E-state index in [1.54, 1.807) is 12.2 Å². The predicted octanol–water partition coefficient (Wildman–Crippen LogP) is 3.14. The molecule has 0 aliphatic carbocycles. The number of allylic oxidation sites excluding steroid dienone is 3. The fraction of sp³-hybridized carbons (Fsp3) is 0.200. The third-order valence-corrected chi connectivity index (χ3v) is 1.37. The molecule has 0 aliphatic heterocycles. The standard InChI is InChI=1S/C10H14O/c1-5-7-8(3)10(6-2)9(4)11/h5-6,11H,1,3-4,7H2,2H3/b10-6+. The van der Waals surface area contributed by atoms with Crippen molar-refractivity contribution in [1.82, 2.24) is 0 Å². The van der Waals surface area contributed by atoms with Crippen LogP contribution in [0.3, 0.4) is 0 Å². The van der Waals surface area contributed by atoms with Crippen molar-refractivity contribution in [2.24, 2.45) is 0 Å². The topological polar surface area (TPSA) is 20.2 Å². The van der Waals surface area contributed by atoms with E-state index >= 15 is 0 Å². The van der Waals surface area contributed by atoms with Gasteiger partial charge >= 0.3 is 0 Å². The van der Waals surface area contributed by atoms with Crippen molar-refractivity contribution in [2.75, 3.05) is 0 Å². The fourth-order valence-corrected chi connectivity index (χ4v) is 0.859. The van der Waals surface area contributed by atoms with Crippen molar-refractivity contribution in [3.05, 3.63) is 48.8 Å². The lowest BCUT2D eigenvalue weighted by Crippen LogP contribution is -1.89. The maximum Gasteiger partial charge on any atom is 0.115 e. The van der Waals surface area contributed by atoms with Gasteiger partial charge in [-0.05, 0) is 18.9 Å². The van der Waals surface area contributed by atoms with E-state index in [-0.39, 0.29) is 5.76 Å². The summed E-state index contributed by atoms with van der Waals surface area (Å²) >= 11 is 0. The first kappa shape index (κ1) is 9.76. The molecule has 1 N–H and O–H groups in total. The van der Waals surface area contributed by atoms with Crippen LogP contribution >= 0.6 is 0 Å². The predicted molar refractivity (Wildman–Crippen MR) is 49.5 cm³/mol. The zero-order valence-corrected chi connectivity index (χ0v) is 6.93. The third kappa shape index (κ3) is 2.89. The van der Waals surface area contributed by atoms with Crippen LogP contribution in [0.15, 0.2) is 48.8 Å². The Morgan fingerprint density at radius 3 is 2.27 bits per heavy atom. The van der Waals surface area contributed by atoms with Crippen LogP contribution in [0.5, 0.6) is 0 Å². The number of rotatable bonds is 4. The molecule has 1 heteroatoms. The Bertz CT molecular complexity index is 209. The van der Waals surface area contributed by atoms with E-state index in [1.165, 1.54) is 0 Å². The molecular formula is C10H14O. The van der Waals surface area contributed by atoms with Gasteiger partial charge in [0.05, 0.1) is 0 Å². The lowest BCUT2D eigenvalue weighted by atomic mass is 10.0. The highest BCUT2D eigenvalue weighted by Gasteiger charge is 2.01. The second-order valence-electron chi connectivity index (χ2n) is 2.25. The molecule has 0 spiro atoms. The van der Waals surface area contributed by atoms with Crippen molar-refractivity contribution in [3.63, 3.8) is 0 Å². The van der Waals surface area contributed by atoms with Crippen LogP contribution in [0, 0.1) is 0 Å². The molecule has 0 unspecified atom stereocenters. The minimum absolute atomic E-state index is 0.0688. The second-order valence-corrected chi connectivity index (χ2v) is 2.25. The van der Waals surface area contributed by atoms with Crippen LogP contribution in [0.2, 0.25) is 0 Å². The summed E-state index contributed by atoms with van der Waals surface area (Å²) in [7, 11) is 0. The van der Waals surface area contributed by atoms with Gasteiger partial charge in [-0.2, -0.15) is 0 Å². The summed E-state index contributed by atoms with van der Waals surface area (Å²) in [6.45, 7) is 12.6. The monoisotopic (exact) mass is 150 g/mol. The van der Waals surface area contributed by atoms with Crippen molar-refractivity contribution >= 4 is 0 Å². The quantitative estimate of drug-likeness (QED) is 0.371. The Kier molecular flexibility index (Phi) is 4.04. The molecule has 0 atom stereocenters. The minimum Gasteiger partial charge on any atom is -0.508 e. The van der Waals surface area contributed by atoms with Crippen LogP contribution in [0.25, 0.3) is 0 Å². The molecule has 0 saturated heterocycles. The zero-order valence-electron chi connectivity index (χ0n) is 6.93. The fourth-order valence-electron chi connectivity index (χ4n) is 0.859. The third-order valence-electron chi connectivity index (χ3n) is 1.37. The SMILES string of the molecule is C=CCC(=C)/C(=C\C)C(=C)O. The molecule has 0 aromatic carbocycles. The van der Waals surface area contributed by atoms with Crippen LogP contribution < -0.4 is 0 Å². The highest BCUT2D eigenvalue weighted by Crippen LogP contribution is 2.17. The second kappa shape index (κ2) is 4.56. The Balaban J connectivity index is 4.41. The van der Waals surface area contributed by atoms with Crippen LogP contribution in [0.1, 0.15) is 13.3 Å². The van der Waals surface area contributed by atoms with Gasteiger partial charge in [-0.25, -0.2) is 0 Å². The Morgan fingerprint density at radius 2 is 2.00 bits per heavy atom. The average molecular weight is 150 g/mol. The Hall–Kier alpha value is -1.24. The van der Waals surface area contributed by atoms with Gasteiger partial charge in [0.15, 0.2) is 0 Å². The maximum atomic E-state index is 9.05. The molecule has 1 nitrogen and oxygen atoms in total. The van der Waals surface area contributed by atoms with E-state index in [1.807, 2.05) is 6.92 Å². The molecule has 0 radical (unpaired) electrons. The number of aliphatic hydroxyl groups excluding tert-OH is 1. The summed E-state index contributed by atoms with van der Waals surface area (Å²) in [5.41, 5.74) is 1.56. The van der Waals surface area contributed by atoms with Crippen molar-refractivity contribution in [2.45, 2.75) is 13.3 Å². The van der Waals surface area contributed by atoms with Gasteiger partial charge in [0, 0.05) is 5.57 Å². The number of aliphatic hydroxyl groups is 1. The number of hydrogen-bond acceptors (Lipinski definition) is 1. The summed E-state index contributed by atoms with van der Waals surface area (Å²) in [4.78, 5) is 0. The highest BCUT2D eigenvalue weighted by molar-refractivity contribution is 5.40. The van der Waals surface area contributed by atoms with E-state index in [4.69, 9.17) is 5.11 Å². The van der Waals surface area contributed by atoms with Crippen LogP contribution in [-0.2, 0) is 0 Å². The molecule has 0 aromatic heterocycles. The van der Waals surface area contributed by atoms with Crippen molar-refractivity contribution in [1.29, 1.82) is 0 Å². The molecule has 0 rings (SSSR count). The molecule has 60 valence electrons. The van der Waals surface area contributed by atoms with E-state index in [2.05, 4.69) is 19.7 Å². The molecule has 0 aliphatic rings. The average Bonchev–Trinajstić information content (AvgIpc) is 1.88. The van der Waals surface area contributed by atoms with Gasteiger partial charge in [0.25, 0.3) is 0 Å². The van der Waals surface area contributed by atoms with Crippen molar-refractivity contribution < 1.29 is 5.11 Å². The van der Waals surface area contributed by atoms with Gasteiger partial charge in [-0.15, -0.1) is 6.58 Å². The molecule has 0 fully saturated rings. The normalized spacial score (nSPS) is 10.8. The van der Waals surface area contributed by atoms with Gasteiger partial charge < -0.3 is 5.11 Å². The Labute approximate surface area is 68.1 Å². The summed E-state index contributed by atoms with van der Waals surface area (Å²) in [6, 6.07) is 0. The summed E-state index contributed by atoms with van der Waals surface area (Å²) in [6.07, 6.45) is 4.21. The molecule has 0 saturated carbocycles. The van der Waals surface area contributed by atoms with Gasteiger partial charge in [-0.1, -0.05) is 25.3 Å². The van der Waals surface area contributed by atoms with Crippen LogP contribution in [-0.4, -0.2) is 5.11 Å². The smallest absolute Gasteiger partial charge is 0.115 e. The summed E-state index contributed by atoms with van der Waals surface area (Å²) in [5, 5.41) is 9.05. The Morgan fingerprint density at radius 1 is 1.45 bits per heavy atom. The first-order valence-electron chi connectivity index (χ1n) is 3.47. The van der Waals surface area contributed by atoms with Gasteiger partial charge in [0.2, 0.25) is 0 Å². The molecule has 0 amide bonds. The zero-order chi connectivity index (χ0) is 8.85. The first-order valence-corrected chi connectivity index (χ1v) is 3.47. The molecule has 0 heterocycles. The molecule has 11 heavy (non-hydrogen) atoms. The summed E-state index contributed by atoms with van der Waals surface area (Å²) < 4.78 is 0. The van der Waals surface area contributed by atoms with E-state index in [9.17, 15) is 0 Å². The molecular weight excluding hydrogens is 136 g/mol. The van der Waals surface area contributed by atoms with Crippen LogP contribution in [0.4, 0.5) is 0 Å². The van der Waals surface area contributed by atoms with E-state index in [0.29, 0.717) is 12.0 Å². The number of hydrogen-bond donors (Lipinski definition) is 1.